The van der Waals surface area contributed by atoms with Crippen LogP contribution >= 0.6 is 0 Å². The molecule has 0 atom stereocenters. The molecule has 0 amide bonds. The van der Waals surface area contributed by atoms with E-state index in [9.17, 15) is 9.18 Å². The van der Waals surface area contributed by atoms with Crippen LogP contribution in [0.3, 0.4) is 0 Å². The van der Waals surface area contributed by atoms with Crippen molar-refractivity contribution in [3.8, 4) is 5.75 Å². The minimum atomic E-state index is -0.327. The van der Waals surface area contributed by atoms with E-state index in [0.29, 0.717) is 22.4 Å². The molecule has 3 aromatic rings. The maximum Gasteiger partial charge on any atom is 0.195 e. The van der Waals surface area contributed by atoms with Gasteiger partial charge in [-0.05, 0) is 49.4 Å². The Morgan fingerprint density at radius 1 is 1.14 bits per heavy atom. The summed E-state index contributed by atoms with van der Waals surface area (Å²) in [5.74, 6) is 0.282. The largest absolute Gasteiger partial charge is 0.497 e. The maximum atomic E-state index is 13.3. The summed E-state index contributed by atoms with van der Waals surface area (Å²) in [6.07, 6.45) is 0. The van der Waals surface area contributed by atoms with Crippen LogP contribution in [0.2, 0.25) is 0 Å². The summed E-state index contributed by atoms with van der Waals surface area (Å²) >= 11 is 0. The second-order valence-corrected chi connectivity index (χ2v) is 4.87. The average Bonchev–Trinajstić information content (AvgIpc) is 2.81. The summed E-state index contributed by atoms with van der Waals surface area (Å²) in [5.41, 5.74) is 2.51. The standard InChI is InChI=1S/C17H14FNO2/c1-10-16(14-8-5-12(18)9-15(14)19-10)17(20)11-3-6-13(21-2)7-4-11/h3-9,19H,1-2H3. The molecular formula is C17H14FNO2. The number of carbonyl (C=O) groups is 1. The monoisotopic (exact) mass is 283 g/mol. The number of methoxy groups -OCH3 is 1. The number of rotatable bonds is 3. The first kappa shape index (κ1) is 13.4. The predicted octanol–water partition coefficient (Wildman–Crippen LogP) is 3.86. The molecule has 2 aromatic carbocycles. The number of ketones is 1. The molecule has 0 unspecified atom stereocenters. The van der Waals surface area contributed by atoms with Crippen molar-refractivity contribution in [3.05, 3.63) is 65.1 Å². The summed E-state index contributed by atoms with van der Waals surface area (Å²) in [6.45, 7) is 1.81. The van der Waals surface area contributed by atoms with Gasteiger partial charge in [0.2, 0.25) is 0 Å². The van der Waals surface area contributed by atoms with Gasteiger partial charge in [0.1, 0.15) is 11.6 Å². The van der Waals surface area contributed by atoms with Gasteiger partial charge < -0.3 is 9.72 Å². The van der Waals surface area contributed by atoms with Gasteiger partial charge in [0, 0.05) is 22.2 Å². The van der Waals surface area contributed by atoms with E-state index in [4.69, 9.17) is 4.74 Å². The van der Waals surface area contributed by atoms with Crippen LogP contribution in [0.4, 0.5) is 4.39 Å². The number of fused-ring (bicyclic) bond motifs is 1. The van der Waals surface area contributed by atoms with Crippen molar-refractivity contribution in [2.45, 2.75) is 6.92 Å². The van der Waals surface area contributed by atoms with Crippen LogP contribution in [0, 0.1) is 12.7 Å². The zero-order chi connectivity index (χ0) is 15.0. The molecular weight excluding hydrogens is 269 g/mol. The number of nitrogens with one attached hydrogen (secondary N) is 1. The molecule has 0 saturated heterocycles. The van der Waals surface area contributed by atoms with Gasteiger partial charge in [0.05, 0.1) is 12.7 Å². The number of hydrogen-bond donors (Lipinski definition) is 1. The number of hydrogen-bond acceptors (Lipinski definition) is 2. The lowest BCUT2D eigenvalue weighted by molar-refractivity contribution is 0.103. The van der Waals surface area contributed by atoms with E-state index in [1.807, 2.05) is 6.92 Å². The lowest BCUT2D eigenvalue weighted by Gasteiger charge is -2.03. The molecule has 3 rings (SSSR count). The third-order valence-electron chi connectivity index (χ3n) is 3.53. The van der Waals surface area contributed by atoms with Gasteiger partial charge in [0.15, 0.2) is 5.78 Å². The Hall–Kier alpha value is -2.62. The number of H-pyrrole nitrogens is 1. The Balaban J connectivity index is 2.10. The Bertz CT molecular complexity index is 819. The number of aromatic nitrogens is 1. The van der Waals surface area contributed by atoms with Gasteiger partial charge in [-0.1, -0.05) is 0 Å². The maximum absolute atomic E-state index is 13.3. The predicted molar refractivity (Wildman–Crippen MR) is 79.4 cm³/mol. The van der Waals surface area contributed by atoms with Gasteiger partial charge in [-0.2, -0.15) is 0 Å². The quantitative estimate of drug-likeness (QED) is 0.742. The van der Waals surface area contributed by atoms with Gasteiger partial charge in [-0.15, -0.1) is 0 Å². The highest BCUT2D eigenvalue weighted by Gasteiger charge is 2.18. The number of benzene rings is 2. The molecule has 1 aromatic heterocycles. The van der Waals surface area contributed by atoms with E-state index in [1.54, 1.807) is 37.4 Å². The Labute approximate surface area is 121 Å². The minimum absolute atomic E-state index is 0.0898. The number of aromatic amines is 1. The first-order chi connectivity index (χ1) is 10.1. The summed E-state index contributed by atoms with van der Waals surface area (Å²) in [7, 11) is 1.58. The highest BCUT2D eigenvalue weighted by atomic mass is 19.1. The van der Waals surface area contributed by atoms with Gasteiger partial charge in [-0.3, -0.25) is 4.79 Å². The van der Waals surface area contributed by atoms with Crippen LogP contribution in [0.1, 0.15) is 21.6 Å². The fourth-order valence-corrected chi connectivity index (χ4v) is 2.48. The molecule has 0 bridgehead atoms. The van der Waals surface area contributed by atoms with Crippen LogP contribution in [0.25, 0.3) is 10.9 Å². The molecule has 4 heteroatoms. The zero-order valence-corrected chi connectivity index (χ0v) is 11.7. The van der Waals surface area contributed by atoms with Crippen molar-refractivity contribution >= 4 is 16.7 Å². The molecule has 106 valence electrons. The van der Waals surface area contributed by atoms with Crippen molar-refractivity contribution in [1.82, 2.24) is 4.98 Å². The molecule has 0 radical (unpaired) electrons. The number of halogens is 1. The van der Waals surface area contributed by atoms with Gasteiger partial charge >= 0.3 is 0 Å². The molecule has 0 fully saturated rings. The van der Waals surface area contributed by atoms with Crippen molar-refractivity contribution in [2.75, 3.05) is 7.11 Å². The van der Waals surface area contributed by atoms with Gasteiger partial charge in [-0.25, -0.2) is 4.39 Å². The molecule has 0 aliphatic heterocycles. The van der Waals surface area contributed by atoms with E-state index in [2.05, 4.69) is 4.98 Å². The Kier molecular flexibility index (Phi) is 3.22. The fourth-order valence-electron chi connectivity index (χ4n) is 2.48. The van der Waals surface area contributed by atoms with Crippen molar-refractivity contribution in [1.29, 1.82) is 0 Å². The second kappa shape index (κ2) is 5.05. The third-order valence-corrected chi connectivity index (χ3v) is 3.53. The molecule has 21 heavy (non-hydrogen) atoms. The summed E-state index contributed by atoms with van der Waals surface area (Å²) in [4.78, 5) is 15.7. The number of carbonyl (C=O) groups excluding carboxylic acids is 1. The normalized spacial score (nSPS) is 10.8. The van der Waals surface area contributed by atoms with Crippen LogP contribution in [0.15, 0.2) is 42.5 Å². The number of ether oxygens (including phenoxy) is 1. The third kappa shape index (κ3) is 2.29. The highest BCUT2D eigenvalue weighted by Crippen LogP contribution is 2.26. The smallest absolute Gasteiger partial charge is 0.195 e. The average molecular weight is 283 g/mol. The van der Waals surface area contributed by atoms with E-state index in [-0.39, 0.29) is 11.6 Å². The molecule has 0 saturated carbocycles. The van der Waals surface area contributed by atoms with Gasteiger partial charge in [0.25, 0.3) is 0 Å². The summed E-state index contributed by atoms with van der Waals surface area (Å²) in [6, 6.07) is 11.3. The molecule has 0 aliphatic carbocycles. The van der Waals surface area contributed by atoms with Crippen molar-refractivity contribution < 1.29 is 13.9 Å². The zero-order valence-electron chi connectivity index (χ0n) is 11.7. The SMILES string of the molecule is COc1ccc(C(=O)c2c(C)[nH]c3cc(F)ccc23)cc1. The summed E-state index contributed by atoms with van der Waals surface area (Å²) < 4.78 is 18.4. The molecule has 0 aliphatic rings. The van der Waals surface area contributed by atoms with E-state index in [1.165, 1.54) is 12.1 Å². The number of aryl methyl sites for hydroxylation is 1. The minimum Gasteiger partial charge on any atom is -0.497 e. The molecule has 1 N–H and O–H groups in total. The topological polar surface area (TPSA) is 42.1 Å². The van der Waals surface area contributed by atoms with Crippen molar-refractivity contribution in [3.63, 3.8) is 0 Å². The summed E-state index contributed by atoms with van der Waals surface area (Å²) in [5, 5.41) is 0.731. The Morgan fingerprint density at radius 3 is 2.52 bits per heavy atom. The van der Waals surface area contributed by atoms with E-state index < -0.39 is 0 Å². The van der Waals surface area contributed by atoms with Crippen LogP contribution in [-0.2, 0) is 0 Å². The van der Waals surface area contributed by atoms with Crippen LogP contribution < -0.4 is 4.74 Å². The van der Waals surface area contributed by atoms with E-state index >= 15 is 0 Å². The van der Waals surface area contributed by atoms with Crippen molar-refractivity contribution in [2.24, 2.45) is 0 Å². The Morgan fingerprint density at radius 2 is 1.86 bits per heavy atom. The lowest BCUT2D eigenvalue weighted by Crippen LogP contribution is -2.02. The van der Waals surface area contributed by atoms with Crippen LogP contribution in [-0.4, -0.2) is 17.9 Å². The highest BCUT2D eigenvalue weighted by molar-refractivity contribution is 6.17. The second-order valence-electron chi connectivity index (χ2n) is 4.87. The lowest BCUT2D eigenvalue weighted by atomic mass is 10.0. The van der Waals surface area contributed by atoms with E-state index in [0.717, 1.165) is 11.1 Å². The first-order valence-electron chi connectivity index (χ1n) is 6.56. The molecule has 1 heterocycles. The molecule has 3 nitrogen and oxygen atoms in total. The van der Waals surface area contributed by atoms with Crippen LogP contribution in [0.5, 0.6) is 5.75 Å². The molecule has 0 spiro atoms. The fraction of sp³-hybridized carbons (Fsp3) is 0.118. The first-order valence-corrected chi connectivity index (χ1v) is 6.56.